The summed E-state index contributed by atoms with van der Waals surface area (Å²) in [5.74, 6) is -1.87. The minimum absolute atomic E-state index is 0.0614. The Morgan fingerprint density at radius 2 is 1.42 bits per heavy atom. The van der Waals surface area contributed by atoms with Crippen molar-refractivity contribution in [3.8, 4) is 0 Å². The SMILES string of the molecule is Nc1ccc(S(=O)(=O)c2ccc(NC(=O)/C=C\C(=O)O)cc2)cc1. The Morgan fingerprint density at radius 1 is 0.917 bits per heavy atom. The number of carboxylic acid groups (broad SMARTS) is 1. The molecule has 0 aliphatic rings. The number of aliphatic carboxylic acids is 1. The molecule has 124 valence electrons. The molecule has 8 heteroatoms. The normalized spacial score (nSPS) is 11.3. The molecular weight excluding hydrogens is 332 g/mol. The van der Waals surface area contributed by atoms with E-state index in [1.807, 2.05) is 0 Å². The zero-order valence-electron chi connectivity index (χ0n) is 12.3. The van der Waals surface area contributed by atoms with Crippen molar-refractivity contribution in [1.29, 1.82) is 0 Å². The van der Waals surface area contributed by atoms with Gasteiger partial charge in [0, 0.05) is 23.5 Å². The molecule has 2 aromatic carbocycles. The Morgan fingerprint density at radius 3 is 1.92 bits per heavy atom. The fourth-order valence-corrected chi connectivity index (χ4v) is 3.09. The smallest absolute Gasteiger partial charge is 0.328 e. The Kier molecular flexibility index (Phi) is 5.00. The fraction of sp³-hybridized carbons (Fsp3) is 0. The van der Waals surface area contributed by atoms with Gasteiger partial charge in [0.25, 0.3) is 0 Å². The van der Waals surface area contributed by atoms with Crippen molar-refractivity contribution in [2.45, 2.75) is 9.79 Å². The van der Waals surface area contributed by atoms with E-state index in [1.54, 1.807) is 0 Å². The lowest BCUT2D eigenvalue weighted by molar-refractivity contribution is -0.131. The van der Waals surface area contributed by atoms with Gasteiger partial charge in [0.2, 0.25) is 15.7 Å². The van der Waals surface area contributed by atoms with Crippen molar-refractivity contribution in [2.75, 3.05) is 11.1 Å². The Labute approximate surface area is 138 Å². The number of amides is 1. The third-order valence-corrected chi connectivity index (χ3v) is 4.79. The van der Waals surface area contributed by atoms with Crippen LogP contribution in [0.2, 0.25) is 0 Å². The lowest BCUT2D eigenvalue weighted by atomic mass is 10.3. The summed E-state index contributed by atoms with van der Waals surface area (Å²) >= 11 is 0. The van der Waals surface area contributed by atoms with Gasteiger partial charge in [-0.2, -0.15) is 0 Å². The summed E-state index contributed by atoms with van der Waals surface area (Å²) in [4.78, 5) is 22.0. The van der Waals surface area contributed by atoms with Crippen LogP contribution in [-0.4, -0.2) is 25.4 Å². The Bertz CT molecular complexity index is 885. The summed E-state index contributed by atoms with van der Waals surface area (Å²) in [6.45, 7) is 0. The lowest BCUT2D eigenvalue weighted by Gasteiger charge is -2.07. The van der Waals surface area contributed by atoms with Crippen LogP contribution in [0, 0.1) is 0 Å². The molecule has 2 rings (SSSR count). The van der Waals surface area contributed by atoms with Crippen molar-refractivity contribution in [3.05, 3.63) is 60.7 Å². The average molecular weight is 346 g/mol. The molecule has 0 spiro atoms. The highest BCUT2D eigenvalue weighted by molar-refractivity contribution is 7.91. The largest absolute Gasteiger partial charge is 0.478 e. The zero-order chi connectivity index (χ0) is 17.7. The first-order valence-corrected chi connectivity index (χ1v) is 8.20. The molecule has 0 heterocycles. The van der Waals surface area contributed by atoms with E-state index in [9.17, 15) is 18.0 Å². The summed E-state index contributed by atoms with van der Waals surface area (Å²) in [6, 6.07) is 11.3. The maximum Gasteiger partial charge on any atom is 0.328 e. The molecule has 1 amide bonds. The predicted octanol–water partition coefficient (Wildman–Crippen LogP) is 1.68. The molecule has 7 nitrogen and oxygen atoms in total. The first-order chi connectivity index (χ1) is 11.3. The second-order valence-electron chi connectivity index (χ2n) is 4.76. The van der Waals surface area contributed by atoms with Crippen molar-refractivity contribution in [1.82, 2.24) is 0 Å². The van der Waals surface area contributed by atoms with Crippen LogP contribution in [0.4, 0.5) is 11.4 Å². The molecule has 0 radical (unpaired) electrons. The Hall–Kier alpha value is -3.13. The molecular formula is C16H14N2O5S. The molecule has 0 fully saturated rings. The number of nitrogens with two attached hydrogens (primary N) is 1. The number of anilines is 2. The van der Waals surface area contributed by atoms with Crippen molar-refractivity contribution >= 4 is 33.1 Å². The number of rotatable bonds is 5. The van der Waals surface area contributed by atoms with E-state index in [-0.39, 0.29) is 9.79 Å². The summed E-state index contributed by atoms with van der Waals surface area (Å²) in [5, 5.41) is 10.9. The van der Waals surface area contributed by atoms with Crippen LogP contribution in [0.15, 0.2) is 70.5 Å². The van der Waals surface area contributed by atoms with E-state index >= 15 is 0 Å². The maximum atomic E-state index is 12.5. The number of sulfone groups is 1. The molecule has 0 saturated heterocycles. The molecule has 0 atom stereocenters. The second-order valence-corrected chi connectivity index (χ2v) is 6.71. The molecule has 2 aromatic rings. The molecule has 0 aliphatic heterocycles. The van der Waals surface area contributed by atoms with Crippen LogP contribution in [0.3, 0.4) is 0 Å². The van der Waals surface area contributed by atoms with Gasteiger partial charge < -0.3 is 16.2 Å². The molecule has 0 unspecified atom stereocenters. The number of benzene rings is 2. The summed E-state index contributed by atoms with van der Waals surface area (Å²) in [5.41, 5.74) is 6.34. The minimum Gasteiger partial charge on any atom is -0.478 e. The number of carbonyl (C=O) groups excluding carboxylic acids is 1. The molecule has 0 aromatic heterocycles. The van der Waals surface area contributed by atoms with E-state index in [0.717, 1.165) is 6.08 Å². The van der Waals surface area contributed by atoms with Gasteiger partial charge in [0.05, 0.1) is 9.79 Å². The summed E-state index contributed by atoms with van der Waals surface area (Å²) in [7, 11) is -3.68. The van der Waals surface area contributed by atoms with Gasteiger partial charge in [-0.3, -0.25) is 4.79 Å². The van der Waals surface area contributed by atoms with E-state index in [0.29, 0.717) is 17.5 Å². The number of nitrogens with one attached hydrogen (secondary N) is 1. The van der Waals surface area contributed by atoms with Crippen molar-refractivity contribution in [3.63, 3.8) is 0 Å². The minimum atomic E-state index is -3.68. The van der Waals surface area contributed by atoms with Crippen LogP contribution in [0.25, 0.3) is 0 Å². The van der Waals surface area contributed by atoms with E-state index in [4.69, 9.17) is 10.8 Å². The van der Waals surface area contributed by atoms with Crippen molar-refractivity contribution < 1.29 is 23.1 Å². The van der Waals surface area contributed by atoms with Gasteiger partial charge in [-0.1, -0.05) is 0 Å². The number of carboxylic acids is 1. The molecule has 24 heavy (non-hydrogen) atoms. The third kappa shape index (κ3) is 4.20. The van der Waals surface area contributed by atoms with Crippen LogP contribution < -0.4 is 11.1 Å². The maximum absolute atomic E-state index is 12.5. The topological polar surface area (TPSA) is 127 Å². The first-order valence-electron chi connectivity index (χ1n) is 6.72. The number of carbonyl (C=O) groups is 2. The Balaban J connectivity index is 2.18. The van der Waals surface area contributed by atoms with Gasteiger partial charge in [0.15, 0.2) is 0 Å². The first kappa shape index (κ1) is 17.2. The van der Waals surface area contributed by atoms with E-state index < -0.39 is 21.7 Å². The summed E-state index contributed by atoms with van der Waals surface area (Å²) in [6.07, 6.45) is 1.57. The predicted molar refractivity (Wildman–Crippen MR) is 88.2 cm³/mol. The highest BCUT2D eigenvalue weighted by Gasteiger charge is 2.17. The second kappa shape index (κ2) is 6.97. The molecule has 0 saturated carbocycles. The van der Waals surface area contributed by atoms with Gasteiger partial charge in [0.1, 0.15) is 0 Å². The zero-order valence-corrected chi connectivity index (χ0v) is 13.2. The van der Waals surface area contributed by atoms with Crippen LogP contribution in [-0.2, 0) is 19.4 Å². The number of hydrogen-bond donors (Lipinski definition) is 3. The molecule has 0 bridgehead atoms. The van der Waals surface area contributed by atoms with Crippen molar-refractivity contribution in [2.24, 2.45) is 0 Å². The van der Waals surface area contributed by atoms with Crippen LogP contribution in [0.1, 0.15) is 0 Å². The van der Waals surface area contributed by atoms with Gasteiger partial charge in [-0.05, 0) is 48.5 Å². The fourth-order valence-electron chi connectivity index (χ4n) is 1.83. The van der Waals surface area contributed by atoms with Gasteiger partial charge >= 0.3 is 5.97 Å². The van der Waals surface area contributed by atoms with Crippen LogP contribution in [0.5, 0.6) is 0 Å². The molecule has 4 N–H and O–H groups in total. The van der Waals surface area contributed by atoms with E-state index in [2.05, 4.69) is 5.32 Å². The van der Waals surface area contributed by atoms with Crippen LogP contribution >= 0.6 is 0 Å². The lowest BCUT2D eigenvalue weighted by Crippen LogP contribution is -2.09. The third-order valence-electron chi connectivity index (χ3n) is 3.00. The van der Waals surface area contributed by atoms with Gasteiger partial charge in [-0.25, -0.2) is 13.2 Å². The average Bonchev–Trinajstić information content (AvgIpc) is 2.54. The highest BCUT2D eigenvalue weighted by atomic mass is 32.2. The van der Waals surface area contributed by atoms with E-state index in [1.165, 1.54) is 48.5 Å². The monoisotopic (exact) mass is 346 g/mol. The standard InChI is InChI=1S/C16H14N2O5S/c17-11-1-5-13(6-2-11)24(22,23)14-7-3-12(4-8-14)18-15(19)9-10-16(20)21/h1-10H,17H2,(H,18,19)(H,20,21)/b10-9-. The molecule has 0 aliphatic carbocycles. The van der Waals surface area contributed by atoms with Gasteiger partial charge in [-0.15, -0.1) is 0 Å². The highest BCUT2D eigenvalue weighted by Crippen LogP contribution is 2.23. The summed E-state index contributed by atoms with van der Waals surface area (Å²) < 4.78 is 24.9. The quantitative estimate of drug-likeness (QED) is 0.558. The number of nitrogen functional groups attached to an aromatic ring is 1. The number of hydrogen-bond acceptors (Lipinski definition) is 5.